The van der Waals surface area contributed by atoms with Crippen molar-refractivity contribution in [3.8, 4) is 5.75 Å². The van der Waals surface area contributed by atoms with E-state index in [1.165, 1.54) is 12.1 Å². The van der Waals surface area contributed by atoms with Gasteiger partial charge in [-0.3, -0.25) is 4.79 Å². The first-order valence-electron chi connectivity index (χ1n) is 6.13. The van der Waals surface area contributed by atoms with Crippen molar-refractivity contribution in [2.45, 2.75) is 11.8 Å². The van der Waals surface area contributed by atoms with Crippen molar-refractivity contribution in [3.05, 3.63) is 58.9 Å². The Bertz CT molecular complexity index is 911. The smallest absolute Gasteiger partial charge is 0.340 e. The van der Waals surface area contributed by atoms with E-state index in [2.05, 4.69) is 4.18 Å². The molecule has 0 spiro atoms. The molecule has 0 N–H and O–H groups in total. The molecule has 4 nitrogen and oxygen atoms in total. The lowest BCUT2D eigenvalue weighted by atomic mass is 10.1. The Labute approximate surface area is 132 Å². The van der Waals surface area contributed by atoms with Gasteiger partial charge >= 0.3 is 10.1 Å². The maximum atomic E-state index is 13.5. The van der Waals surface area contributed by atoms with E-state index in [9.17, 15) is 35.2 Å². The van der Waals surface area contributed by atoms with Crippen LogP contribution in [-0.4, -0.2) is 14.2 Å². The van der Waals surface area contributed by atoms with Gasteiger partial charge in [-0.15, -0.1) is 0 Å². The van der Waals surface area contributed by atoms with Crippen LogP contribution in [0.25, 0.3) is 0 Å². The zero-order chi connectivity index (χ0) is 18.2. The number of halogens is 5. The van der Waals surface area contributed by atoms with Crippen LogP contribution in [0.3, 0.4) is 0 Å². The molecule has 128 valence electrons. The lowest BCUT2D eigenvalue weighted by molar-refractivity contribution is 0.101. The van der Waals surface area contributed by atoms with Crippen LogP contribution in [0, 0.1) is 29.1 Å². The molecule has 0 unspecified atom stereocenters. The molecule has 0 fully saturated rings. The predicted octanol–water partition coefficient (Wildman–Crippen LogP) is 3.35. The summed E-state index contributed by atoms with van der Waals surface area (Å²) in [6, 6.07) is 4.48. The molecule has 2 aromatic rings. The largest absolute Gasteiger partial charge is 0.372 e. The normalized spacial score (nSPS) is 11.4. The predicted molar refractivity (Wildman–Crippen MR) is 70.5 cm³/mol. The summed E-state index contributed by atoms with van der Waals surface area (Å²) in [7, 11) is -5.04. The van der Waals surface area contributed by atoms with E-state index in [-0.39, 0.29) is 5.56 Å². The molecule has 10 heteroatoms. The number of rotatable bonds is 4. The highest BCUT2D eigenvalue weighted by Gasteiger charge is 2.32. The molecule has 2 rings (SSSR count). The summed E-state index contributed by atoms with van der Waals surface area (Å²) < 4.78 is 94.5. The van der Waals surface area contributed by atoms with Gasteiger partial charge in [0, 0.05) is 5.56 Å². The second-order valence-electron chi connectivity index (χ2n) is 4.49. The van der Waals surface area contributed by atoms with Crippen LogP contribution in [-0.2, 0) is 10.1 Å². The highest BCUT2D eigenvalue weighted by molar-refractivity contribution is 7.87. The number of hydrogen-bond donors (Lipinski definition) is 0. The minimum Gasteiger partial charge on any atom is -0.372 e. The Hall–Kier alpha value is -2.49. The van der Waals surface area contributed by atoms with Crippen LogP contribution in [0.1, 0.15) is 17.3 Å². The summed E-state index contributed by atoms with van der Waals surface area (Å²) in [6.45, 7) is 1.02. The molecule has 0 radical (unpaired) electrons. The van der Waals surface area contributed by atoms with Gasteiger partial charge in [0.2, 0.25) is 34.8 Å². The molecule has 0 aromatic heterocycles. The van der Waals surface area contributed by atoms with Crippen LogP contribution in [0.2, 0.25) is 0 Å². The maximum Gasteiger partial charge on any atom is 0.340 e. The van der Waals surface area contributed by atoms with E-state index in [1.807, 2.05) is 0 Å². The second kappa shape index (κ2) is 6.19. The van der Waals surface area contributed by atoms with E-state index in [1.54, 1.807) is 0 Å². The van der Waals surface area contributed by atoms with Gasteiger partial charge < -0.3 is 4.18 Å². The van der Waals surface area contributed by atoms with E-state index in [0.29, 0.717) is 0 Å². The summed E-state index contributed by atoms with van der Waals surface area (Å²) in [5, 5.41) is 0. The topological polar surface area (TPSA) is 60.4 Å². The van der Waals surface area contributed by atoms with E-state index < -0.39 is 55.6 Å². The van der Waals surface area contributed by atoms with Crippen molar-refractivity contribution in [3.63, 3.8) is 0 Å². The van der Waals surface area contributed by atoms with Gasteiger partial charge in [0.25, 0.3) is 0 Å². The number of benzene rings is 2. The van der Waals surface area contributed by atoms with Gasteiger partial charge in [0.05, 0.1) is 0 Å². The van der Waals surface area contributed by atoms with Crippen LogP contribution in [0.5, 0.6) is 5.75 Å². The van der Waals surface area contributed by atoms with Gasteiger partial charge in [-0.2, -0.15) is 17.2 Å². The fourth-order valence-electron chi connectivity index (χ4n) is 1.79. The first-order chi connectivity index (χ1) is 11.1. The highest BCUT2D eigenvalue weighted by Crippen LogP contribution is 2.31. The molecule has 0 aliphatic heterocycles. The summed E-state index contributed by atoms with van der Waals surface area (Å²) in [5.74, 6) is -14.8. The third kappa shape index (κ3) is 2.96. The minimum atomic E-state index is -5.04. The standard InChI is InChI=1S/C14H7F5O4S/c1-6(20)7-4-2-3-5-8(7)24(21,22)23-14-12(18)10(16)9(15)11(17)13(14)19/h2-5H,1H3. The number of carbonyl (C=O) groups is 1. The van der Waals surface area contributed by atoms with Gasteiger partial charge in [0.1, 0.15) is 4.90 Å². The van der Waals surface area contributed by atoms with E-state index in [0.717, 1.165) is 19.1 Å². The third-order valence-corrected chi connectivity index (χ3v) is 4.18. The van der Waals surface area contributed by atoms with Crippen molar-refractivity contribution < 1.29 is 39.3 Å². The third-order valence-electron chi connectivity index (χ3n) is 2.90. The molecule has 0 saturated carbocycles. The number of ketones is 1. The SMILES string of the molecule is CC(=O)c1ccccc1S(=O)(=O)Oc1c(F)c(F)c(F)c(F)c1F. The Morgan fingerprint density at radius 3 is 1.83 bits per heavy atom. The fraction of sp³-hybridized carbons (Fsp3) is 0.0714. The number of Topliss-reactive ketones (excluding diaryl/α,β-unsaturated/α-hetero) is 1. The van der Waals surface area contributed by atoms with Gasteiger partial charge in [-0.25, -0.2) is 13.2 Å². The van der Waals surface area contributed by atoms with Crippen molar-refractivity contribution in [2.75, 3.05) is 0 Å². The van der Waals surface area contributed by atoms with Crippen molar-refractivity contribution >= 4 is 15.9 Å². The molecule has 2 aromatic carbocycles. The molecule has 0 aliphatic carbocycles. The summed E-state index contributed by atoms with van der Waals surface area (Å²) in [4.78, 5) is 10.6. The Morgan fingerprint density at radius 2 is 1.33 bits per heavy atom. The first-order valence-corrected chi connectivity index (χ1v) is 7.54. The van der Waals surface area contributed by atoms with Gasteiger partial charge in [0.15, 0.2) is 5.78 Å². The quantitative estimate of drug-likeness (QED) is 0.274. The van der Waals surface area contributed by atoms with E-state index >= 15 is 0 Å². The molecule has 0 amide bonds. The molecule has 0 heterocycles. The molecular formula is C14H7F5O4S. The fourth-order valence-corrected chi connectivity index (χ4v) is 2.97. The second-order valence-corrected chi connectivity index (χ2v) is 6.00. The Kier molecular flexibility index (Phi) is 4.61. The van der Waals surface area contributed by atoms with Crippen LogP contribution in [0.15, 0.2) is 29.2 Å². The highest BCUT2D eigenvalue weighted by atomic mass is 32.2. The number of hydrogen-bond acceptors (Lipinski definition) is 4. The average Bonchev–Trinajstić information content (AvgIpc) is 2.55. The average molecular weight is 366 g/mol. The maximum absolute atomic E-state index is 13.5. The van der Waals surface area contributed by atoms with E-state index in [4.69, 9.17) is 0 Å². The lowest BCUT2D eigenvalue weighted by Gasteiger charge is -2.12. The lowest BCUT2D eigenvalue weighted by Crippen LogP contribution is -2.17. The summed E-state index contributed by atoms with van der Waals surface area (Å²) in [6.07, 6.45) is 0. The molecular weight excluding hydrogens is 359 g/mol. The van der Waals surface area contributed by atoms with Gasteiger partial charge in [-0.05, 0) is 19.1 Å². The first kappa shape index (κ1) is 17.9. The minimum absolute atomic E-state index is 0.374. The van der Waals surface area contributed by atoms with Crippen molar-refractivity contribution in [1.29, 1.82) is 0 Å². The molecule has 24 heavy (non-hydrogen) atoms. The summed E-state index contributed by atoms with van der Waals surface area (Å²) in [5.41, 5.74) is -0.374. The zero-order valence-corrected chi connectivity index (χ0v) is 12.6. The van der Waals surface area contributed by atoms with Crippen LogP contribution < -0.4 is 4.18 Å². The molecule has 0 aliphatic rings. The zero-order valence-electron chi connectivity index (χ0n) is 11.7. The van der Waals surface area contributed by atoms with Crippen LogP contribution >= 0.6 is 0 Å². The van der Waals surface area contributed by atoms with Crippen molar-refractivity contribution in [1.82, 2.24) is 0 Å². The van der Waals surface area contributed by atoms with Crippen molar-refractivity contribution in [2.24, 2.45) is 0 Å². The molecule has 0 bridgehead atoms. The van der Waals surface area contributed by atoms with Crippen LogP contribution in [0.4, 0.5) is 22.0 Å². The van der Waals surface area contributed by atoms with Gasteiger partial charge in [-0.1, -0.05) is 12.1 Å². The summed E-state index contributed by atoms with van der Waals surface area (Å²) >= 11 is 0. The molecule has 0 saturated heterocycles. The Morgan fingerprint density at radius 1 is 0.875 bits per heavy atom. The molecule has 0 atom stereocenters. The Balaban J connectivity index is 2.63. The monoisotopic (exact) mass is 366 g/mol. The number of carbonyl (C=O) groups excluding carboxylic acids is 1.